The first-order chi connectivity index (χ1) is 11.4. The van der Waals surface area contributed by atoms with Crippen LogP contribution in [0.2, 0.25) is 0 Å². The number of nitrogens with two attached hydrogens (primary N) is 1. The highest BCUT2D eigenvalue weighted by Crippen LogP contribution is 2.45. The van der Waals surface area contributed by atoms with Crippen molar-refractivity contribution >= 4 is 21.5 Å². The van der Waals surface area contributed by atoms with Gasteiger partial charge in [-0.05, 0) is 6.07 Å². The standard InChI is InChI=1S/C9H15N3O11P2/c10-5-1-2-12(9(14)11-5)8-6(13)7(23-25(18,19)20)4(22-8)3-21-24(15,16)17/h1-2,4,6-8,13H,3H2,(H2,10,11,14)(H2,15,16,17)(H2,18,19,20)/t4-,6-,7-,8-/m1/s1. The molecule has 0 amide bonds. The van der Waals surface area contributed by atoms with Gasteiger partial charge < -0.3 is 35.2 Å². The van der Waals surface area contributed by atoms with Crippen molar-refractivity contribution < 1.29 is 47.6 Å². The molecule has 16 heteroatoms. The molecule has 1 fully saturated rings. The summed E-state index contributed by atoms with van der Waals surface area (Å²) in [6.07, 6.45) is -5.45. The van der Waals surface area contributed by atoms with E-state index in [0.29, 0.717) is 0 Å². The van der Waals surface area contributed by atoms with E-state index in [-0.39, 0.29) is 5.82 Å². The normalized spacial score (nSPS) is 27.6. The van der Waals surface area contributed by atoms with E-state index >= 15 is 0 Å². The summed E-state index contributed by atoms with van der Waals surface area (Å²) in [6, 6.07) is 1.20. The van der Waals surface area contributed by atoms with E-state index in [1.807, 2.05) is 0 Å². The Kier molecular flexibility index (Phi) is 5.81. The molecular formula is C9H15N3O11P2. The number of nitrogen functional groups attached to an aromatic ring is 1. The minimum Gasteiger partial charge on any atom is -0.386 e. The van der Waals surface area contributed by atoms with Crippen LogP contribution in [0, 0.1) is 0 Å². The Balaban J connectivity index is 2.30. The van der Waals surface area contributed by atoms with Gasteiger partial charge in [-0.2, -0.15) is 4.98 Å². The number of rotatable bonds is 6. The third-order valence-electron chi connectivity index (χ3n) is 3.10. The molecule has 4 atom stereocenters. The maximum Gasteiger partial charge on any atom is 0.470 e. The van der Waals surface area contributed by atoms with Gasteiger partial charge in [-0.25, -0.2) is 13.9 Å². The Labute approximate surface area is 139 Å². The second-order valence-corrected chi connectivity index (χ2v) is 7.38. The first-order valence-electron chi connectivity index (χ1n) is 6.49. The van der Waals surface area contributed by atoms with E-state index in [0.717, 1.165) is 10.8 Å². The molecule has 1 aromatic heterocycles. The molecule has 0 unspecified atom stereocenters. The monoisotopic (exact) mass is 403 g/mol. The van der Waals surface area contributed by atoms with Gasteiger partial charge in [-0.3, -0.25) is 13.6 Å². The first kappa shape index (κ1) is 20.1. The van der Waals surface area contributed by atoms with Crippen LogP contribution < -0.4 is 11.4 Å². The fourth-order valence-corrected chi connectivity index (χ4v) is 3.08. The molecule has 1 aromatic rings. The topological polar surface area (TPSA) is 224 Å². The Bertz CT molecular complexity index is 772. The van der Waals surface area contributed by atoms with Crippen molar-refractivity contribution in [3.8, 4) is 0 Å². The zero-order valence-electron chi connectivity index (χ0n) is 12.2. The molecule has 142 valence electrons. The molecule has 1 aliphatic heterocycles. The van der Waals surface area contributed by atoms with Crippen molar-refractivity contribution in [1.82, 2.24) is 9.55 Å². The molecule has 2 rings (SSSR count). The highest BCUT2D eigenvalue weighted by molar-refractivity contribution is 7.46. The maximum atomic E-state index is 11.8. The second-order valence-electron chi connectivity index (χ2n) is 4.94. The van der Waals surface area contributed by atoms with E-state index in [2.05, 4.69) is 14.0 Å². The van der Waals surface area contributed by atoms with Crippen molar-refractivity contribution in [2.24, 2.45) is 0 Å². The van der Waals surface area contributed by atoms with Crippen molar-refractivity contribution in [2.75, 3.05) is 12.3 Å². The second kappa shape index (κ2) is 7.21. The van der Waals surface area contributed by atoms with E-state index in [1.54, 1.807) is 0 Å². The Morgan fingerprint density at radius 3 is 2.44 bits per heavy atom. The third kappa shape index (κ3) is 5.39. The molecule has 2 heterocycles. The lowest BCUT2D eigenvalue weighted by Crippen LogP contribution is -2.37. The smallest absolute Gasteiger partial charge is 0.386 e. The lowest BCUT2D eigenvalue weighted by molar-refractivity contribution is -0.0540. The SMILES string of the molecule is Nc1ccn([C@@H]2O[C@H](COP(=O)(O)O)[C@@H](OP(=O)(O)O)[C@H]2O)c(=O)n1. The summed E-state index contributed by atoms with van der Waals surface area (Å²) in [5.41, 5.74) is 4.40. The van der Waals surface area contributed by atoms with Crippen molar-refractivity contribution in [2.45, 2.75) is 24.5 Å². The average molecular weight is 403 g/mol. The summed E-state index contributed by atoms with van der Waals surface area (Å²) in [5, 5.41) is 10.2. The van der Waals surface area contributed by atoms with Crippen LogP contribution in [-0.2, 0) is 22.9 Å². The molecule has 0 aromatic carbocycles. The quantitative estimate of drug-likeness (QED) is 0.274. The third-order valence-corrected chi connectivity index (χ3v) is 4.10. The number of anilines is 1. The molecule has 7 N–H and O–H groups in total. The largest absolute Gasteiger partial charge is 0.470 e. The number of aromatic nitrogens is 2. The van der Waals surface area contributed by atoms with E-state index < -0.39 is 52.5 Å². The van der Waals surface area contributed by atoms with Gasteiger partial charge in [0, 0.05) is 6.20 Å². The van der Waals surface area contributed by atoms with Gasteiger partial charge in [-0.15, -0.1) is 0 Å². The predicted molar refractivity (Wildman–Crippen MR) is 77.7 cm³/mol. The molecule has 0 saturated carbocycles. The van der Waals surface area contributed by atoms with Gasteiger partial charge in [0.2, 0.25) is 0 Å². The minimum absolute atomic E-state index is 0.113. The van der Waals surface area contributed by atoms with Gasteiger partial charge >= 0.3 is 21.3 Å². The summed E-state index contributed by atoms with van der Waals surface area (Å²) >= 11 is 0. The number of nitrogens with zero attached hydrogens (tertiary/aromatic N) is 2. The summed E-state index contributed by atoms with van der Waals surface area (Å²) in [6.45, 7) is -0.875. The van der Waals surface area contributed by atoms with Crippen LogP contribution in [0.15, 0.2) is 17.1 Å². The highest BCUT2D eigenvalue weighted by Gasteiger charge is 2.49. The summed E-state index contributed by atoms with van der Waals surface area (Å²) in [5.74, 6) is -0.113. The highest BCUT2D eigenvalue weighted by atomic mass is 31.2. The lowest BCUT2D eigenvalue weighted by atomic mass is 10.1. The van der Waals surface area contributed by atoms with Crippen LogP contribution in [0.4, 0.5) is 5.82 Å². The van der Waals surface area contributed by atoms with Gasteiger partial charge in [-0.1, -0.05) is 0 Å². The van der Waals surface area contributed by atoms with Crippen molar-refractivity contribution in [3.63, 3.8) is 0 Å². The maximum absolute atomic E-state index is 11.8. The molecule has 25 heavy (non-hydrogen) atoms. The van der Waals surface area contributed by atoms with E-state index in [4.69, 9.17) is 30.0 Å². The molecule has 1 saturated heterocycles. The van der Waals surface area contributed by atoms with Crippen LogP contribution in [0.1, 0.15) is 6.23 Å². The number of phosphoric ester groups is 2. The van der Waals surface area contributed by atoms with Crippen LogP contribution in [0.5, 0.6) is 0 Å². The number of hydrogen-bond donors (Lipinski definition) is 6. The van der Waals surface area contributed by atoms with E-state index in [9.17, 15) is 19.0 Å². The van der Waals surface area contributed by atoms with Crippen molar-refractivity contribution in [3.05, 3.63) is 22.7 Å². The molecule has 14 nitrogen and oxygen atoms in total. The lowest BCUT2D eigenvalue weighted by Gasteiger charge is -2.20. The average Bonchev–Trinajstić information content (AvgIpc) is 2.72. The van der Waals surface area contributed by atoms with E-state index in [1.165, 1.54) is 6.07 Å². The molecule has 0 bridgehead atoms. The van der Waals surface area contributed by atoms with Gasteiger partial charge in [0.05, 0.1) is 6.61 Å². The number of aliphatic hydroxyl groups excluding tert-OH is 1. The first-order valence-corrected chi connectivity index (χ1v) is 9.56. The number of phosphoric acid groups is 2. The van der Waals surface area contributed by atoms with Crippen molar-refractivity contribution in [1.29, 1.82) is 0 Å². The molecule has 0 spiro atoms. The molecular weight excluding hydrogens is 388 g/mol. The molecule has 1 aliphatic rings. The Morgan fingerprint density at radius 1 is 1.28 bits per heavy atom. The fraction of sp³-hybridized carbons (Fsp3) is 0.556. The Hall–Kier alpha value is -1.18. The number of aliphatic hydroxyl groups is 1. The number of ether oxygens (including phenoxy) is 1. The van der Waals surface area contributed by atoms with Crippen LogP contribution >= 0.6 is 15.6 Å². The van der Waals surface area contributed by atoms with Gasteiger partial charge in [0.15, 0.2) is 6.23 Å². The van der Waals surface area contributed by atoms with Crippen LogP contribution in [-0.4, -0.2) is 59.2 Å². The molecule has 0 aliphatic carbocycles. The van der Waals surface area contributed by atoms with Gasteiger partial charge in [0.1, 0.15) is 24.1 Å². The zero-order valence-corrected chi connectivity index (χ0v) is 14.0. The Morgan fingerprint density at radius 2 is 1.92 bits per heavy atom. The number of hydrogen-bond acceptors (Lipinski definition) is 9. The molecule has 0 radical (unpaired) electrons. The fourth-order valence-electron chi connectivity index (χ4n) is 2.16. The summed E-state index contributed by atoms with van der Waals surface area (Å²) in [4.78, 5) is 50.5. The zero-order chi connectivity index (χ0) is 19.0. The summed E-state index contributed by atoms with van der Waals surface area (Å²) in [7, 11) is -10.0. The van der Waals surface area contributed by atoms with Crippen LogP contribution in [0.25, 0.3) is 0 Å². The minimum atomic E-state index is -5.10. The predicted octanol–water partition coefficient (Wildman–Crippen LogP) is -2.33. The van der Waals surface area contributed by atoms with Gasteiger partial charge in [0.25, 0.3) is 0 Å². The van der Waals surface area contributed by atoms with Crippen LogP contribution in [0.3, 0.4) is 0 Å². The summed E-state index contributed by atoms with van der Waals surface area (Å²) < 4.78 is 36.5.